The first-order valence-corrected chi connectivity index (χ1v) is 8.56. The summed E-state index contributed by atoms with van der Waals surface area (Å²) in [6.07, 6.45) is 6.51. The van der Waals surface area contributed by atoms with Crippen molar-refractivity contribution in [1.29, 1.82) is 0 Å². The van der Waals surface area contributed by atoms with Gasteiger partial charge in [0.05, 0.1) is 17.6 Å². The Morgan fingerprint density at radius 3 is 2.92 bits per heavy atom. The summed E-state index contributed by atoms with van der Waals surface area (Å²) in [6, 6.07) is 6.10. The van der Waals surface area contributed by atoms with Gasteiger partial charge >= 0.3 is 0 Å². The normalized spacial score (nSPS) is 16.2. The number of anilines is 1. The SMILES string of the molecule is O=C(CC[C@H]1NC(=O)c2ccccc2NC1=O)NCCCn1ccnc1. The van der Waals surface area contributed by atoms with Crippen LogP contribution in [-0.2, 0) is 16.1 Å². The van der Waals surface area contributed by atoms with E-state index in [0.29, 0.717) is 17.8 Å². The minimum atomic E-state index is -0.730. The van der Waals surface area contributed by atoms with E-state index in [-0.39, 0.29) is 30.6 Å². The molecule has 2 heterocycles. The lowest BCUT2D eigenvalue weighted by atomic mass is 10.1. The van der Waals surface area contributed by atoms with Crippen molar-refractivity contribution >= 4 is 23.4 Å². The summed E-state index contributed by atoms with van der Waals surface area (Å²) in [5, 5.41) is 8.24. The minimum Gasteiger partial charge on any atom is -0.356 e. The molecule has 0 radical (unpaired) electrons. The summed E-state index contributed by atoms with van der Waals surface area (Å²) < 4.78 is 1.94. The van der Waals surface area contributed by atoms with Gasteiger partial charge in [-0.05, 0) is 25.0 Å². The maximum absolute atomic E-state index is 12.3. The molecule has 8 heteroatoms. The molecule has 0 aliphatic carbocycles. The van der Waals surface area contributed by atoms with Gasteiger partial charge in [-0.15, -0.1) is 0 Å². The van der Waals surface area contributed by atoms with Gasteiger partial charge in [-0.25, -0.2) is 4.98 Å². The van der Waals surface area contributed by atoms with Gasteiger partial charge in [0.15, 0.2) is 0 Å². The molecule has 8 nitrogen and oxygen atoms in total. The van der Waals surface area contributed by atoms with Crippen molar-refractivity contribution in [3.63, 3.8) is 0 Å². The first kappa shape index (κ1) is 17.7. The maximum atomic E-state index is 12.3. The molecule has 1 aliphatic rings. The van der Waals surface area contributed by atoms with Crippen molar-refractivity contribution in [3.8, 4) is 0 Å². The predicted octanol–water partition coefficient (Wildman–Crippen LogP) is 0.920. The average molecular weight is 355 g/mol. The van der Waals surface area contributed by atoms with Gasteiger partial charge in [0.25, 0.3) is 5.91 Å². The number of imidazole rings is 1. The zero-order chi connectivity index (χ0) is 18.4. The molecule has 1 aromatic carbocycles. The third kappa shape index (κ3) is 4.47. The van der Waals surface area contributed by atoms with Crippen LogP contribution in [0.5, 0.6) is 0 Å². The van der Waals surface area contributed by atoms with Crippen LogP contribution in [-0.4, -0.2) is 39.9 Å². The van der Waals surface area contributed by atoms with Gasteiger partial charge in [-0.2, -0.15) is 0 Å². The molecule has 0 spiro atoms. The Morgan fingerprint density at radius 2 is 2.12 bits per heavy atom. The number of nitrogens with zero attached hydrogens (tertiary/aromatic N) is 2. The Morgan fingerprint density at radius 1 is 1.27 bits per heavy atom. The van der Waals surface area contributed by atoms with Gasteiger partial charge in [-0.1, -0.05) is 12.1 Å². The van der Waals surface area contributed by atoms with Crippen LogP contribution in [0.1, 0.15) is 29.6 Å². The summed E-state index contributed by atoms with van der Waals surface area (Å²) in [5.74, 6) is -0.764. The van der Waals surface area contributed by atoms with Crippen LogP contribution in [0.4, 0.5) is 5.69 Å². The first-order chi connectivity index (χ1) is 12.6. The van der Waals surface area contributed by atoms with E-state index in [1.54, 1.807) is 36.8 Å². The zero-order valence-corrected chi connectivity index (χ0v) is 14.3. The number of fused-ring (bicyclic) bond motifs is 1. The fourth-order valence-corrected chi connectivity index (χ4v) is 2.79. The Bertz CT molecular complexity index is 788. The quantitative estimate of drug-likeness (QED) is 0.642. The fraction of sp³-hybridized carbons (Fsp3) is 0.333. The van der Waals surface area contributed by atoms with Gasteiger partial charge in [0, 0.05) is 31.9 Å². The molecule has 0 unspecified atom stereocenters. The van der Waals surface area contributed by atoms with Crippen molar-refractivity contribution < 1.29 is 14.4 Å². The van der Waals surface area contributed by atoms with E-state index in [2.05, 4.69) is 20.9 Å². The lowest BCUT2D eigenvalue weighted by Crippen LogP contribution is -2.42. The molecule has 2 aromatic rings. The maximum Gasteiger partial charge on any atom is 0.254 e. The molecule has 1 atom stereocenters. The number of nitrogens with one attached hydrogen (secondary N) is 3. The van der Waals surface area contributed by atoms with E-state index in [1.807, 2.05) is 10.8 Å². The molecule has 26 heavy (non-hydrogen) atoms. The van der Waals surface area contributed by atoms with Crippen molar-refractivity contribution in [2.24, 2.45) is 0 Å². The molecule has 3 rings (SSSR count). The van der Waals surface area contributed by atoms with E-state index < -0.39 is 6.04 Å². The first-order valence-electron chi connectivity index (χ1n) is 8.56. The van der Waals surface area contributed by atoms with E-state index in [0.717, 1.165) is 13.0 Å². The lowest BCUT2D eigenvalue weighted by Gasteiger charge is -2.14. The van der Waals surface area contributed by atoms with Gasteiger partial charge in [0.2, 0.25) is 11.8 Å². The standard InChI is InChI=1S/C18H21N5O3/c24-16(20-8-3-10-23-11-9-19-12-23)7-6-15-18(26)21-14-5-2-1-4-13(14)17(25)22-15/h1-2,4-5,9,11-12,15H,3,6-8,10H2,(H,20,24)(H,21,26)(H,22,25)/t15-/m1/s1. The van der Waals surface area contributed by atoms with Crippen LogP contribution < -0.4 is 16.0 Å². The van der Waals surface area contributed by atoms with Crippen LogP contribution in [0.3, 0.4) is 0 Å². The molecule has 0 saturated heterocycles. The topological polar surface area (TPSA) is 105 Å². The summed E-state index contributed by atoms with van der Waals surface area (Å²) in [4.78, 5) is 40.4. The van der Waals surface area contributed by atoms with E-state index in [4.69, 9.17) is 0 Å². The highest BCUT2D eigenvalue weighted by atomic mass is 16.2. The Kier molecular flexibility index (Phi) is 5.62. The molecule has 1 aliphatic heterocycles. The fourth-order valence-electron chi connectivity index (χ4n) is 2.79. The van der Waals surface area contributed by atoms with Crippen LogP contribution in [0, 0.1) is 0 Å². The highest BCUT2D eigenvalue weighted by molar-refractivity contribution is 6.09. The molecular formula is C18H21N5O3. The Hall–Kier alpha value is -3.16. The van der Waals surface area contributed by atoms with E-state index in [1.165, 1.54) is 0 Å². The molecule has 0 fully saturated rings. The van der Waals surface area contributed by atoms with Crippen LogP contribution in [0.25, 0.3) is 0 Å². The van der Waals surface area contributed by atoms with Crippen molar-refractivity contribution in [3.05, 3.63) is 48.5 Å². The van der Waals surface area contributed by atoms with Gasteiger partial charge in [-0.3, -0.25) is 14.4 Å². The third-order valence-electron chi connectivity index (χ3n) is 4.19. The average Bonchev–Trinajstić information content (AvgIpc) is 3.11. The molecule has 0 saturated carbocycles. The second-order valence-corrected chi connectivity index (χ2v) is 6.10. The number of benzene rings is 1. The van der Waals surface area contributed by atoms with Crippen molar-refractivity contribution in [1.82, 2.24) is 20.2 Å². The third-order valence-corrected chi connectivity index (χ3v) is 4.19. The minimum absolute atomic E-state index is 0.139. The molecule has 3 amide bonds. The van der Waals surface area contributed by atoms with Crippen LogP contribution in [0.15, 0.2) is 43.0 Å². The predicted molar refractivity (Wildman–Crippen MR) is 95.4 cm³/mol. The second-order valence-electron chi connectivity index (χ2n) is 6.10. The molecule has 1 aromatic heterocycles. The zero-order valence-electron chi connectivity index (χ0n) is 14.3. The van der Waals surface area contributed by atoms with Crippen LogP contribution >= 0.6 is 0 Å². The number of amides is 3. The number of hydrogen-bond donors (Lipinski definition) is 3. The number of carbonyl (C=O) groups excluding carboxylic acids is 3. The number of carbonyl (C=O) groups is 3. The van der Waals surface area contributed by atoms with E-state index in [9.17, 15) is 14.4 Å². The lowest BCUT2D eigenvalue weighted by molar-refractivity contribution is -0.121. The summed E-state index contributed by atoms with van der Waals surface area (Å²) >= 11 is 0. The van der Waals surface area contributed by atoms with Gasteiger partial charge in [0.1, 0.15) is 6.04 Å². The van der Waals surface area contributed by atoms with Crippen molar-refractivity contribution in [2.45, 2.75) is 31.8 Å². The van der Waals surface area contributed by atoms with Gasteiger partial charge < -0.3 is 20.5 Å². The number of para-hydroxylation sites is 1. The Labute approximate surface area is 151 Å². The summed E-state index contributed by atoms with van der Waals surface area (Å²) in [7, 11) is 0. The number of aryl methyl sites for hydroxylation is 1. The number of rotatable bonds is 7. The summed E-state index contributed by atoms with van der Waals surface area (Å²) in [5.41, 5.74) is 0.911. The largest absolute Gasteiger partial charge is 0.356 e. The Balaban J connectivity index is 1.43. The number of aromatic nitrogens is 2. The van der Waals surface area contributed by atoms with E-state index >= 15 is 0 Å². The van der Waals surface area contributed by atoms with Crippen LogP contribution in [0.2, 0.25) is 0 Å². The molecule has 0 bridgehead atoms. The smallest absolute Gasteiger partial charge is 0.254 e. The molecule has 3 N–H and O–H groups in total. The highest BCUT2D eigenvalue weighted by Gasteiger charge is 2.27. The number of hydrogen-bond acceptors (Lipinski definition) is 4. The summed E-state index contributed by atoms with van der Waals surface area (Å²) in [6.45, 7) is 1.32. The molecule has 136 valence electrons. The second kappa shape index (κ2) is 8.28. The monoisotopic (exact) mass is 355 g/mol. The highest BCUT2D eigenvalue weighted by Crippen LogP contribution is 2.19. The van der Waals surface area contributed by atoms with Crippen molar-refractivity contribution in [2.75, 3.05) is 11.9 Å². The molecular weight excluding hydrogens is 334 g/mol.